The smallest absolute Gasteiger partial charge is 0.378 e. The van der Waals surface area contributed by atoms with Gasteiger partial charge in [0.25, 0.3) is 5.78 Å². The summed E-state index contributed by atoms with van der Waals surface area (Å²) in [7, 11) is 0. The van der Waals surface area contributed by atoms with E-state index in [1.54, 1.807) is 12.1 Å². The lowest BCUT2D eigenvalue weighted by Gasteiger charge is -1.90. The van der Waals surface area contributed by atoms with Crippen LogP contribution in [0.4, 0.5) is 0 Å². The Labute approximate surface area is 62.5 Å². The van der Waals surface area contributed by atoms with E-state index < -0.39 is 11.8 Å². The number of aromatic nitrogens is 1. The highest BCUT2D eigenvalue weighted by atomic mass is 16.5. The molecule has 0 aliphatic rings. The second kappa shape index (κ2) is 2.92. The van der Waals surface area contributed by atoms with Crippen LogP contribution in [0.5, 0.6) is 0 Å². The molecule has 0 saturated carbocycles. The molecule has 4 heteroatoms. The molecule has 0 aliphatic heterocycles. The van der Waals surface area contributed by atoms with E-state index in [0.29, 0.717) is 0 Å². The van der Waals surface area contributed by atoms with E-state index in [1.165, 1.54) is 12.3 Å². The molecule has 11 heavy (non-hydrogen) atoms. The van der Waals surface area contributed by atoms with Crippen LogP contribution in [0.3, 0.4) is 0 Å². The van der Waals surface area contributed by atoms with Crippen molar-refractivity contribution in [3.05, 3.63) is 30.1 Å². The second-order valence-corrected chi connectivity index (χ2v) is 1.85. The fourth-order valence-corrected chi connectivity index (χ4v) is 0.607. The monoisotopic (exact) mass is 153 g/mol. The van der Waals surface area contributed by atoms with Crippen molar-refractivity contribution in [1.29, 1.82) is 0 Å². The number of ketones is 1. The molecular formula is C7H5NO3. The van der Waals surface area contributed by atoms with Gasteiger partial charge >= 0.3 is 5.97 Å². The lowest BCUT2D eigenvalue weighted by molar-refractivity contribution is -0.131. The zero-order chi connectivity index (χ0) is 8.27. The average Bonchev–Trinajstić information content (AvgIpc) is 2.05. The molecule has 4 nitrogen and oxygen atoms in total. The molecule has 1 rings (SSSR count). The molecule has 0 fully saturated rings. The van der Waals surface area contributed by atoms with Crippen molar-refractivity contribution in [2.24, 2.45) is 0 Å². The van der Waals surface area contributed by atoms with Crippen LogP contribution in [-0.2, 0) is 4.79 Å². The van der Waals surface area contributed by atoms with Gasteiger partial charge in [-0.05, 0) is 12.1 Å². The summed E-state index contributed by atoms with van der Waals surface area (Å²) in [5.41, 5.74) is -0.0417. The van der Waals surface area contributed by atoms with E-state index in [9.17, 15) is 9.59 Å². The van der Waals surface area contributed by atoms with Crippen LogP contribution in [0.2, 0.25) is 0 Å². The number of carbonyl (C=O) groups is 2. The number of carbonyl (C=O) groups excluding carboxylic acids is 1. The standard InChI is InChI=1S/C7H5NO3/c9-6(7(10)11)5-3-1-2-4-8-5/h1-4H,(H,10,11)/i3+1,7+1. The Balaban J connectivity index is 2.95. The molecule has 0 amide bonds. The Kier molecular flexibility index (Phi) is 1.96. The van der Waals surface area contributed by atoms with Crippen LogP contribution < -0.4 is 0 Å². The van der Waals surface area contributed by atoms with Crippen LogP contribution in [0.15, 0.2) is 24.4 Å². The number of nitrogens with zero attached hydrogens (tertiary/aromatic N) is 1. The summed E-state index contributed by atoms with van der Waals surface area (Å²) < 4.78 is 0. The highest BCUT2D eigenvalue weighted by Crippen LogP contribution is 1.94. The number of carboxylic acids is 1. The number of rotatable bonds is 2. The number of hydrogen-bond acceptors (Lipinski definition) is 3. The zero-order valence-electron chi connectivity index (χ0n) is 5.52. The Bertz CT molecular complexity index is 281. The summed E-state index contributed by atoms with van der Waals surface area (Å²) in [6.45, 7) is 0. The van der Waals surface area contributed by atoms with Gasteiger partial charge in [0, 0.05) is 6.20 Å². The Morgan fingerprint density at radius 2 is 2.09 bits per heavy atom. The van der Waals surface area contributed by atoms with Gasteiger partial charge in [-0.2, -0.15) is 0 Å². The number of hydrogen-bond donors (Lipinski definition) is 1. The highest BCUT2D eigenvalue weighted by Gasteiger charge is 2.14. The van der Waals surface area contributed by atoms with Gasteiger partial charge < -0.3 is 5.11 Å². The van der Waals surface area contributed by atoms with Crippen molar-refractivity contribution in [3.8, 4) is 0 Å². The van der Waals surface area contributed by atoms with E-state index >= 15 is 0 Å². The second-order valence-electron chi connectivity index (χ2n) is 1.85. The van der Waals surface area contributed by atoms with E-state index in [1.807, 2.05) is 0 Å². The zero-order valence-corrected chi connectivity index (χ0v) is 5.52. The third-order valence-electron chi connectivity index (χ3n) is 1.09. The minimum Gasteiger partial charge on any atom is -0.475 e. The minimum atomic E-state index is -1.48. The van der Waals surface area contributed by atoms with Crippen molar-refractivity contribution in [2.45, 2.75) is 0 Å². The Hall–Kier alpha value is -1.71. The molecule has 56 valence electrons. The molecular weight excluding hydrogens is 148 g/mol. The maximum atomic E-state index is 10.7. The normalized spacial score (nSPS) is 9.09. The quantitative estimate of drug-likeness (QED) is 0.378. The summed E-state index contributed by atoms with van der Waals surface area (Å²) in [4.78, 5) is 24.4. The summed E-state index contributed by atoms with van der Waals surface area (Å²) in [6, 6.07) is 4.53. The minimum absolute atomic E-state index is 0.0417. The summed E-state index contributed by atoms with van der Waals surface area (Å²) in [6.07, 6.45) is 1.37. The molecule has 1 aromatic heterocycles. The van der Waals surface area contributed by atoms with Crippen LogP contribution >= 0.6 is 0 Å². The molecule has 0 aliphatic carbocycles. The van der Waals surface area contributed by atoms with Gasteiger partial charge in [-0.15, -0.1) is 0 Å². The van der Waals surface area contributed by atoms with Crippen molar-refractivity contribution in [2.75, 3.05) is 0 Å². The van der Waals surface area contributed by atoms with Crippen molar-refractivity contribution >= 4 is 11.8 Å². The number of carboxylic acid groups (broad SMARTS) is 1. The van der Waals surface area contributed by atoms with Gasteiger partial charge in [-0.25, -0.2) is 4.79 Å². The largest absolute Gasteiger partial charge is 0.475 e. The summed E-state index contributed by atoms with van der Waals surface area (Å²) >= 11 is 0. The van der Waals surface area contributed by atoms with E-state index in [2.05, 4.69) is 4.98 Å². The summed E-state index contributed by atoms with van der Waals surface area (Å²) in [5.74, 6) is -2.46. The predicted octanol–water partition coefficient (Wildman–Crippen LogP) is 0.349. The first-order valence-electron chi connectivity index (χ1n) is 2.90. The fraction of sp³-hybridized carbons (Fsp3) is 0. The predicted molar refractivity (Wildman–Crippen MR) is 36.2 cm³/mol. The maximum Gasteiger partial charge on any atom is 0.378 e. The first-order valence-corrected chi connectivity index (χ1v) is 2.90. The molecule has 0 radical (unpaired) electrons. The van der Waals surface area contributed by atoms with E-state index in [-0.39, 0.29) is 5.69 Å². The van der Waals surface area contributed by atoms with Crippen molar-refractivity contribution in [1.82, 2.24) is 4.98 Å². The molecule has 0 unspecified atom stereocenters. The SMILES string of the molecule is O=C(c1[13cH]cccn1)[13C](=O)O. The third kappa shape index (κ3) is 1.61. The number of Topliss-reactive ketones (excluding diaryl/α,β-unsaturated/α-hetero) is 1. The molecule has 0 aromatic carbocycles. The number of pyridine rings is 1. The lowest BCUT2D eigenvalue weighted by atomic mass is 10.4. The molecule has 0 bridgehead atoms. The Morgan fingerprint density at radius 1 is 1.36 bits per heavy atom. The van der Waals surface area contributed by atoms with Gasteiger partial charge in [-0.1, -0.05) is 6.07 Å². The fourth-order valence-electron chi connectivity index (χ4n) is 0.607. The first kappa shape index (κ1) is 7.40. The van der Waals surface area contributed by atoms with E-state index in [4.69, 9.17) is 5.11 Å². The molecule has 0 atom stereocenters. The first-order chi connectivity index (χ1) is 5.22. The van der Waals surface area contributed by atoms with Crippen LogP contribution in [-0.4, -0.2) is 21.8 Å². The van der Waals surface area contributed by atoms with Crippen LogP contribution in [0.25, 0.3) is 0 Å². The van der Waals surface area contributed by atoms with Gasteiger partial charge in [0.05, 0.1) is 0 Å². The molecule has 1 heterocycles. The topological polar surface area (TPSA) is 67.3 Å². The third-order valence-corrected chi connectivity index (χ3v) is 1.09. The van der Waals surface area contributed by atoms with Gasteiger partial charge in [-0.3, -0.25) is 9.78 Å². The maximum absolute atomic E-state index is 10.7. The van der Waals surface area contributed by atoms with Gasteiger partial charge in [0.2, 0.25) is 0 Å². The molecule has 1 N–H and O–H groups in total. The van der Waals surface area contributed by atoms with Gasteiger partial charge in [0.15, 0.2) is 0 Å². The number of aliphatic carboxylic acids is 1. The average molecular weight is 153 g/mol. The molecule has 0 spiro atoms. The highest BCUT2D eigenvalue weighted by molar-refractivity contribution is 6.39. The van der Waals surface area contributed by atoms with Crippen LogP contribution in [0.1, 0.15) is 10.5 Å². The van der Waals surface area contributed by atoms with Gasteiger partial charge in [0.1, 0.15) is 5.69 Å². The van der Waals surface area contributed by atoms with Crippen LogP contribution in [0, 0.1) is 0 Å². The molecule has 1 aromatic rings. The van der Waals surface area contributed by atoms with E-state index in [0.717, 1.165) is 0 Å². The summed E-state index contributed by atoms with van der Waals surface area (Å²) in [5, 5.41) is 8.25. The van der Waals surface area contributed by atoms with Crippen molar-refractivity contribution < 1.29 is 14.7 Å². The molecule has 0 saturated heterocycles. The van der Waals surface area contributed by atoms with Crippen molar-refractivity contribution in [3.63, 3.8) is 0 Å². The Morgan fingerprint density at radius 3 is 2.55 bits per heavy atom. The lowest BCUT2D eigenvalue weighted by Crippen LogP contribution is -2.13.